The molecular weight excluding hydrogens is 357 g/mol. The molecule has 0 saturated carbocycles. The minimum absolute atomic E-state index is 0.00309. The van der Waals surface area contributed by atoms with Gasteiger partial charge < -0.3 is 9.47 Å². The van der Waals surface area contributed by atoms with Crippen molar-refractivity contribution in [2.24, 2.45) is 0 Å². The van der Waals surface area contributed by atoms with E-state index in [1.54, 1.807) is 19.2 Å². The maximum Gasteiger partial charge on any atom is 0.406 e. The average molecular weight is 382 g/mol. The molecule has 0 aliphatic heterocycles. The summed E-state index contributed by atoms with van der Waals surface area (Å²) in [6.07, 6.45) is -1.76. The molecule has 1 amide bonds. The Morgan fingerprint density at radius 1 is 1.11 bits per heavy atom. The van der Waals surface area contributed by atoms with Gasteiger partial charge in [-0.3, -0.25) is 9.69 Å². The van der Waals surface area contributed by atoms with E-state index in [9.17, 15) is 18.0 Å². The first-order valence-electron chi connectivity index (χ1n) is 8.87. The molecule has 0 spiro atoms. The van der Waals surface area contributed by atoms with Crippen molar-refractivity contribution in [3.8, 4) is 0 Å². The topological polar surface area (TPSA) is 41.4 Å². The number of carbonyl (C=O) groups is 1. The average Bonchev–Trinajstić information content (AvgIpc) is 3.04. The molecule has 0 radical (unpaired) electrons. The molecule has 1 aromatic heterocycles. The van der Waals surface area contributed by atoms with E-state index in [0.29, 0.717) is 5.56 Å². The fraction of sp³-hybridized carbons (Fsp3) is 0.474. The lowest BCUT2D eigenvalue weighted by atomic mass is 10.1. The van der Waals surface area contributed by atoms with Crippen LogP contribution in [0, 0.1) is 0 Å². The number of benzene rings is 1. The summed E-state index contributed by atoms with van der Waals surface area (Å²) in [7, 11) is 1.55. The molecule has 0 fully saturated rings. The van der Waals surface area contributed by atoms with E-state index < -0.39 is 12.7 Å². The lowest BCUT2D eigenvalue weighted by molar-refractivity contribution is -0.141. The number of imidazole rings is 1. The van der Waals surface area contributed by atoms with Crippen molar-refractivity contribution in [2.75, 3.05) is 20.1 Å². The number of amides is 1. The van der Waals surface area contributed by atoms with Gasteiger partial charge in [0.25, 0.3) is 5.91 Å². The van der Waals surface area contributed by atoms with E-state index >= 15 is 0 Å². The van der Waals surface area contributed by atoms with E-state index in [1.165, 1.54) is 17.3 Å². The summed E-state index contributed by atoms with van der Waals surface area (Å²) in [5, 5.41) is 0. The van der Waals surface area contributed by atoms with Crippen LogP contribution >= 0.6 is 0 Å². The van der Waals surface area contributed by atoms with Gasteiger partial charge in [-0.25, -0.2) is 4.98 Å². The van der Waals surface area contributed by atoms with Crippen molar-refractivity contribution in [1.82, 2.24) is 19.4 Å². The molecule has 0 N–H and O–H groups in total. The molecule has 2 aromatic rings. The van der Waals surface area contributed by atoms with Crippen LogP contribution in [0.3, 0.4) is 0 Å². The zero-order valence-electron chi connectivity index (χ0n) is 15.8. The molecule has 5 nitrogen and oxygen atoms in total. The monoisotopic (exact) mass is 382 g/mol. The SMILES string of the molecule is CCN(CC)Cc1ccc(C(=O)N(C)Cc2nccn2CC(F)(F)F)cc1. The lowest BCUT2D eigenvalue weighted by Gasteiger charge is -2.20. The van der Waals surface area contributed by atoms with Crippen LogP contribution in [0.5, 0.6) is 0 Å². The third-order valence-corrected chi connectivity index (χ3v) is 4.38. The van der Waals surface area contributed by atoms with E-state index in [-0.39, 0.29) is 18.3 Å². The molecule has 8 heteroatoms. The van der Waals surface area contributed by atoms with Crippen molar-refractivity contribution in [1.29, 1.82) is 0 Å². The molecule has 0 unspecified atom stereocenters. The second-order valence-electron chi connectivity index (χ2n) is 6.41. The number of rotatable bonds is 8. The summed E-state index contributed by atoms with van der Waals surface area (Å²) in [6, 6.07) is 7.31. The van der Waals surface area contributed by atoms with Crippen molar-refractivity contribution in [3.63, 3.8) is 0 Å². The zero-order valence-corrected chi connectivity index (χ0v) is 15.8. The summed E-state index contributed by atoms with van der Waals surface area (Å²) in [6.45, 7) is 5.78. The van der Waals surface area contributed by atoms with Crippen LogP contribution in [-0.4, -0.2) is 51.6 Å². The summed E-state index contributed by atoms with van der Waals surface area (Å²) in [5.74, 6) is -0.0627. The van der Waals surface area contributed by atoms with Gasteiger partial charge >= 0.3 is 6.18 Å². The summed E-state index contributed by atoms with van der Waals surface area (Å²) < 4.78 is 38.8. The standard InChI is InChI=1S/C19H25F3N4O/c1-4-25(5-2)12-15-6-8-16(9-7-15)18(27)24(3)13-17-23-10-11-26(17)14-19(20,21)22/h6-11H,4-5,12-14H2,1-3H3. The first-order chi connectivity index (χ1) is 12.7. The molecule has 1 heterocycles. The predicted molar refractivity (Wildman–Crippen MR) is 97.1 cm³/mol. The van der Waals surface area contributed by atoms with Crippen LogP contribution in [0.25, 0.3) is 0 Å². The molecule has 0 aliphatic rings. The Labute approximate surface area is 157 Å². The largest absolute Gasteiger partial charge is 0.406 e. The van der Waals surface area contributed by atoms with Crippen LogP contribution in [0.2, 0.25) is 0 Å². The zero-order chi connectivity index (χ0) is 20.0. The van der Waals surface area contributed by atoms with Gasteiger partial charge in [-0.15, -0.1) is 0 Å². The maximum absolute atomic E-state index is 12.6. The van der Waals surface area contributed by atoms with Crippen LogP contribution < -0.4 is 0 Å². The number of alkyl halides is 3. The van der Waals surface area contributed by atoms with Gasteiger partial charge in [-0.2, -0.15) is 13.2 Å². The van der Waals surface area contributed by atoms with Crippen LogP contribution in [0.4, 0.5) is 13.2 Å². The Hall–Kier alpha value is -2.35. The molecule has 2 rings (SSSR count). The van der Waals surface area contributed by atoms with E-state index in [0.717, 1.165) is 29.8 Å². The van der Waals surface area contributed by atoms with Crippen LogP contribution in [0.15, 0.2) is 36.7 Å². The maximum atomic E-state index is 12.6. The highest BCUT2D eigenvalue weighted by molar-refractivity contribution is 5.94. The van der Waals surface area contributed by atoms with E-state index in [2.05, 4.69) is 23.7 Å². The molecule has 148 valence electrons. The summed E-state index contributed by atoms with van der Waals surface area (Å²) in [4.78, 5) is 20.2. The molecule has 0 atom stereocenters. The highest BCUT2D eigenvalue weighted by atomic mass is 19.4. The van der Waals surface area contributed by atoms with Gasteiger partial charge in [-0.1, -0.05) is 26.0 Å². The minimum atomic E-state index is -4.33. The second kappa shape index (κ2) is 9.03. The fourth-order valence-corrected chi connectivity index (χ4v) is 2.79. The third-order valence-electron chi connectivity index (χ3n) is 4.38. The molecule has 0 aliphatic carbocycles. The van der Waals surface area contributed by atoms with Crippen molar-refractivity contribution in [3.05, 3.63) is 53.6 Å². The number of hydrogen-bond donors (Lipinski definition) is 0. The van der Waals surface area contributed by atoms with Gasteiger partial charge in [-0.05, 0) is 30.8 Å². The van der Waals surface area contributed by atoms with Gasteiger partial charge in [0.15, 0.2) is 0 Å². The normalized spacial score (nSPS) is 11.8. The highest BCUT2D eigenvalue weighted by Crippen LogP contribution is 2.19. The second-order valence-corrected chi connectivity index (χ2v) is 6.41. The van der Waals surface area contributed by atoms with E-state index in [4.69, 9.17) is 0 Å². The Bertz CT molecular complexity index is 736. The quantitative estimate of drug-likeness (QED) is 0.701. The van der Waals surface area contributed by atoms with Gasteiger partial charge in [0.1, 0.15) is 12.4 Å². The lowest BCUT2D eigenvalue weighted by Crippen LogP contribution is -2.29. The minimum Gasteiger partial charge on any atom is -0.334 e. The first-order valence-corrected chi connectivity index (χ1v) is 8.87. The summed E-state index contributed by atoms with van der Waals surface area (Å²) >= 11 is 0. The van der Waals surface area contributed by atoms with Gasteiger partial charge in [0.05, 0.1) is 6.54 Å². The molecule has 27 heavy (non-hydrogen) atoms. The molecule has 1 aromatic carbocycles. The Balaban J connectivity index is 2.02. The van der Waals surface area contributed by atoms with Crippen molar-refractivity contribution < 1.29 is 18.0 Å². The van der Waals surface area contributed by atoms with Crippen molar-refractivity contribution >= 4 is 5.91 Å². The molecular formula is C19H25F3N4O. The highest BCUT2D eigenvalue weighted by Gasteiger charge is 2.29. The number of nitrogens with zero attached hydrogens (tertiary/aromatic N) is 4. The first kappa shape index (κ1) is 21.0. The molecule has 0 saturated heterocycles. The van der Waals surface area contributed by atoms with E-state index in [1.807, 2.05) is 12.1 Å². The number of hydrogen-bond acceptors (Lipinski definition) is 3. The number of aromatic nitrogens is 2. The fourth-order valence-electron chi connectivity index (χ4n) is 2.79. The smallest absolute Gasteiger partial charge is 0.334 e. The third kappa shape index (κ3) is 6.09. The summed E-state index contributed by atoms with van der Waals surface area (Å²) in [5.41, 5.74) is 1.60. The van der Waals surface area contributed by atoms with Crippen molar-refractivity contribution in [2.45, 2.75) is 39.7 Å². The van der Waals surface area contributed by atoms with Gasteiger partial charge in [0.2, 0.25) is 0 Å². The Morgan fingerprint density at radius 2 is 1.74 bits per heavy atom. The van der Waals surface area contributed by atoms with Crippen LogP contribution in [0.1, 0.15) is 35.6 Å². The number of carbonyl (C=O) groups excluding carboxylic acids is 1. The Kier molecular flexibility index (Phi) is 7.01. The number of halogens is 3. The Morgan fingerprint density at radius 3 is 2.30 bits per heavy atom. The van der Waals surface area contributed by atoms with Gasteiger partial charge in [0, 0.05) is 31.5 Å². The van der Waals surface area contributed by atoms with Crippen LogP contribution in [-0.2, 0) is 19.6 Å². The molecule has 0 bridgehead atoms. The predicted octanol–water partition coefficient (Wildman–Crippen LogP) is 3.56.